The summed E-state index contributed by atoms with van der Waals surface area (Å²) in [7, 11) is 0. The van der Waals surface area contributed by atoms with Gasteiger partial charge in [-0.05, 0) is 39.5 Å². The van der Waals surface area contributed by atoms with Crippen molar-refractivity contribution in [2.45, 2.75) is 51.7 Å². The molecular formula is C11H21NO. The van der Waals surface area contributed by atoms with Gasteiger partial charge in [-0.1, -0.05) is 11.6 Å². The van der Waals surface area contributed by atoms with Crippen molar-refractivity contribution in [3.63, 3.8) is 0 Å². The summed E-state index contributed by atoms with van der Waals surface area (Å²) >= 11 is 0. The molecule has 0 radical (unpaired) electrons. The highest BCUT2D eigenvalue weighted by molar-refractivity contribution is 4.95. The average Bonchev–Trinajstić information content (AvgIpc) is 2.08. The standard InChI is InChI=1S/C11H21NO/c1-9(2)7-8-12-10-3-5-11(13)6-4-10/h7,10-13H,3-6,8H2,1-2H3. The van der Waals surface area contributed by atoms with Gasteiger partial charge in [0.25, 0.3) is 0 Å². The molecule has 76 valence electrons. The smallest absolute Gasteiger partial charge is 0.0541 e. The predicted octanol–water partition coefficient (Wildman–Crippen LogP) is 1.85. The maximum Gasteiger partial charge on any atom is 0.0541 e. The van der Waals surface area contributed by atoms with Gasteiger partial charge in [-0.2, -0.15) is 0 Å². The lowest BCUT2D eigenvalue weighted by atomic mass is 9.93. The molecule has 0 aromatic heterocycles. The van der Waals surface area contributed by atoms with Crippen molar-refractivity contribution in [3.8, 4) is 0 Å². The van der Waals surface area contributed by atoms with Gasteiger partial charge in [-0.15, -0.1) is 0 Å². The molecule has 1 aliphatic carbocycles. The van der Waals surface area contributed by atoms with Crippen LogP contribution in [0, 0.1) is 0 Å². The molecule has 0 bridgehead atoms. The van der Waals surface area contributed by atoms with Crippen LogP contribution < -0.4 is 5.32 Å². The van der Waals surface area contributed by atoms with Crippen molar-refractivity contribution in [2.75, 3.05) is 6.54 Å². The Morgan fingerprint density at radius 2 is 1.92 bits per heavy atom. The number of aliphatic hydroxyl groups excluding tert-OH is 1. The molecule has 1 fully saturated rings. The molecule has 2 nitrogen and oxygen atoms in total. The van der Waals surface area contributed by atoms with Gasteiger partial charge >= 0.3 is 0 Å². The van der Waals surface area contributed by atoms with Gasteiger partial charge in [0, 0.05) is 12.6 Å². The zero-order chi connectivity index (χ0) is 9.68. The van der Waals surface area contributed by atoms with E-state index < -0.39 is 0 Å². The summed E-state index contributed by atoms with van der Waals surface area (Å²) in [6, 6.07) is 0.624. The molecule has 2 heteroatoms. The van der Waals surface area contributed by atoms with Crippen LogP contribution in [0.2, 0.25) is 0 Å². The van der Waals surface area contributed by atoms with Crippen LogP contribution in [0.25, 0.3) is 0 Å². The van der Waals surface area contributed by atoms with Gasteiger partial charge in [-0.3, -0.25) is 0 Å². The molecule has 0 spiro atoms. The second-order valence-electron chi connectivity index (χ2n) is 4.20. The number of nitrogens with one attached hydrogen (secondary N) is 1. The Bertz CT molecular complexity index is 165. The van der Waals surface area contributed by atoms with Crippen LogP contribution in [0.5, 0.6) is 0 Å². The third kappa shape index (κ3) is 4.44. The van der Waals surface area contributed by atoms with E-state index in [-0.39, 0.29) is 6.10 Å². The minimum Gasteiger partial charge on any atom is -0.393 e. The quantitative estimate of drug-likeness (QED) is 0.654. The van der Waals surface area contributed by atoms with Gasteiger partial charge < -0.3 is 10.4 Å². The number of allylic oxidation sites excluding steroid dienone is 1. The van der Waals surface area contributed by atoms with E-state index in [9.17, 15) is 5.11 Å². The highest BCUT2D eigenvalue weighted by Gasteiger charge is 2.17. The molecule has 0 aromatic rings. The third-order valence-electron chi connectivity index (χ3n) is 2.61. The van der Waals surface area contributed by atoms with Gasteiger partial charge in [0.1, 0.15) is 0 Å². The maximum absolute atomic E-state index is 9.30. The summed E-state index contributed by atoms with van der Waals surface area (Å²) in [5, 5.41) is 12.8. The second kappa shape index (κ2) is 5.40. The first-order valence-electron chi connectivity index (χ1n) is 5.23. The monoisotopic (exact) mass is 183 g/mol. The molecule has 0 aliphatic heterocycles. The fourth-order valence-electron chi connectivity index (χ4n) is 1.71. The SMILES string of the molecule is CC(C)=CCNC1CCC(O)CC1. The third-order valence-corrected chi connectivity index (χ3v) is 2.61. The molecule has 13 heavy (non-hydrogen) atoms. The fraction of sp³-hybridized carbons (Fsp3) is 0.818. The fourth-order valence-corrected chi connectivity index (χ4v) is 1.71. The van der Waals surface area contributed by atoms with Crippen LogP contribution >= 0.6 is 0 Å². The van der Waals surface area contributed by atoms with Crippen LogP contribution in [-0.4, -0.2) is 23.8 Å². The molecule has 0 unspecified atom stereocenters. The summed E-state index contributed by atoms with van der Waals surface area (Å²) < 4.78 is 0. The Balaban J connectivity index is 2.12. The normalized spacial score (nSPS) is 28.5. The van der Waals surface area contributed by atoms with Gasteiger partial charge in [0.05, 0.1) is 6.10 Å². The second-order valence-corrected chi connectivity index (χ2v) is 4.20. The summed E-state index contributed by atoms with van der Waals surface area (Å²) in [5.74, 6) is 0. The van der Waals surface area contributed by atoms with Crippen molar-refractivity contribution in [1.29, 1.82) is 0 Å². The number of hydrogen-bond acceptors (Lipinski definition) is 2. The molecule has 1 rings (SSSR count). The number of hydrogen-bond donors (Lipinski definition) is 2. The summed E-state index contributed by atoms with van der Waals surface area (Å²) in [4.78, 5) is 0. The lowest BCUT2D eigenvalue weighted by molar-refractivity contribution is 0.117. The lowest BCUT2D eigenvalue weighted by Crippen LogP contribution is -2.34. The van der Waals surface area contributed by atoms with Gasteiger partial charge in [-0.25, -0.2) is 0 Å². The van der Waals surface area contributed by atoms with Crippen LogP contribution in [-0.2, 0) is 0 Å². The van der Waals surface area contributed by atoms with E-state index in [1.54, 1.807) is 0 Å². The molecule has 0 aromatic carbocycles. The molecule has 2 N–H and O–H groups in total. The van der Waals surface area contributed by atoms with E-state index in [0.717, 1.165) is 32.2 Å². The average molecular weight is 183 g/mol. The van der Waals surface area contributed by atoms with E-state index in [4.69, 9.17) is 0 Å². The zero-order valence-corrected chi connectivity index (χ0v) is 8.71. The van der Waals surface area contributed by atoms with Crippen LogP contribution in [0.3, 0.4) is 0 Å². The Hall–Kier alpha value is -0.340. The van der Waals surface area contributed by atoms with Crippen molar-refractivity contribution < 1.29 is 5.11 Å². The van der Waals surface area contributed by atoms with Crippen LogP contribution in [0.15, 0.2) is 11.6 Å². The van der Waals surface area contributed by atoms with Crippen molar-refractivity contribution in [3.05, 3.63) is 11.6 Å². The van der Waals surface area contributed by atoms with E-state index in [1.165, 1.54) is 5.57 Å². The first-order valence-corrected chi connectivity index (χ1v) is 5.23. The Morgan fingerprint density at radius 3 is 2.46 bits per heavy atom. The van der Waals surface area contributed by atoms with Gasteiger partial charge in [0.2, 0.25) is 0 Å². The van der Waals surface area contributed by atoms with E-state index in [2.05, 4.69) is 25.2 Å². The van der Waals surface area contributed by atoms with Crippen LogP contribution in [0.1, 0.15) is 39.5 Å². The Kier molecular flexibility index (Phi) is 4.46. The summed E-state index contributed by atoms with van der Waals surface area (Å²) in [6.45, 7) is 5.21. The maximum atomic E-state index is 9.30. The topological polar surface area (TPSA) is 32.3 Å². The zero-order valence-electron chi connectivity index (χ0n) is 8.71. The lowest BCUT2D eigenvalue weighted by Gasteiger charge is -2.25. The molecule has 1 saturated carbocycles. The molecule has 0 saturated heterocycles. The highest BCUT2D eigenvalue weighted by Crippen LogP contribution is 2.17. The minimum atomic E-state index is -0.0403. The number of rotatable bonds is 3. The molecule has 0 heterocycles. The van der Waals surface area contributed by atoms with Crippen LogP contribution in [0.4, 0.5) is 0 Å². The van der Waals surface area contributed by atoms with E-state index in [0.29, 0.717) is 6.04 Å². The Labute approximate surface area is 81.0 Å². The van der Waals surface area contributed by atoms with Crippen molar-refractivity contribution >= 4 is 0 Å². The Morgan fingerprint density at radius 1 is 1.31 bits per heavy atom. The molecule has 0 amide bonds. The molecule has 1 aliphatic rings. The minimum absolute atomic E-state index is 0.0403. The summed E-state index contributed by atoms with van der Waals surface area (Å²) in [6.07, 6.45) is 6.35. The summed E-state index contributed by atoms with van der Waals surface area (Å²) in [5.41, 5.74) is 1.36. The predicted molar refractivity (Wildman–Crippen MR) is 55.7 cm³/mol. The number of aliphatic hydroxyl groups is 1. The van der Waals surface area contributed by atoms with Crippen molar-refractivity contribution in [1.82, 2.24) is 5.32 Å². The first-order chi connectivity index (χ1) is 6.18. The highest BCUT2D eigenvalue weighted by atomic mass is 16.3. The van der Waals surface area contributed by atoms with Crippen molar-refractivity contribution in [2.24, 2.45) is 0 Å². The van der Waals surface area contributed by atoms with E-state index in [1.807, 2.05) is 0 Å². The van der Waals surface area contributed by atoms with Gasteiger partial charge in [0.15, 0.2) is 0 Å². The molecule has 0 atom stereocenters. The largest absolute Gasteiger partial charge is 0.393 e. The first kappa shape index (κ1) is 10.7. The molecular weight excluding hydrogens is 162 g/mol. The van der Waals surface area contributed by atoms with E-state index >= 15 is 0 Å².